The predicted octanol–water partition coefficient (Wildman–Crippen LogP) is 4.99. The molecule has 0 aliphatic heterocycles. The highest BCUT2D eigenvalue weighted by Gasteiger charge is 2.24. The van der Waals surface area contributed by atoms with E-state index in [1.54, 1.807) is 55.6 Å². The van der Waals surface area contributed by atoms with Gasteiger partial charge in [0, 0.05) is 24.2 Å². The molecule has 0 saturated heterocycles. The SMILES string of the molecule is COc1ccccc1CCN(CCC(=O)O)C(=O)c1ccccc1-c1ccccc1C(=O)N[C@@H](CO)c1ccccc1. The number of rotatable bonds is 13. The molecule has 0 heterocycles. The van der Waals surface area contributed by atoms with E-state index in [9.17, 15) is 24.6 Å². The number of aliphatic carboxylic acids is 1. The number of para-hydroxylation sites is 1. The minimum absolute atomic E-state index is 0.0229. The van der Waals surface area contributed by atoms with Crippen LogP contribution in [0.25, 0.3) is 11.1 Å². The van der Waals surface area contributed by atoms with Gasteiger partial charge in [0.05, 0.1) is 26.2 Å². The number of benzene rings is 4. The first kappa shape index (κ1) is 30.0. The van der Waals surface area contributed by atoms with Gasteiger partial charge in [-0.25, -0.2) is 0 Å². The van der Waals surface area contributed by atoms with Crippen molar-refractivity contribution in [2.75, 3.05) is 26.8 Å². The number of amides is 2. The number of hydrogen-bond acceptors (Lipinski definition) is 5. The van der Waals surface area contributed by atoms with Crippen LogP contribution in [0.1, 0.15) is 44.3 Å². The summed E-state index contributed by atoms with van der Waals surface area (Å²) >= 11 is 0. The first-order chi connectivity index (χ1) is 20.4. The maximum atomic E-state index is 14.0. The monoisotopic (exact) mass is 566 g/mol. The van der Waals surface area contributed by atoms with Crippen LogP contribution in [-0.2, 0) is 11.2 Å². The van der Waals surface area contributed by atoms with Crippen molar-refractivity contribution in [3.8, 4) is 16.9 Å². The first-order valence-electron chi connectivity index (χ1n) is 13.7. The average molecular weight is 567 g/mol. The number of aliphatic hydroxyl groups is 1. The summed E-state index contributed by atoms with van der Waals surface area (Å²) in [7, 11) is 1.58. The molecule has 8 nitrogen and oxygen atoms in total. The second-order valence-corrected chi connectivity index (χ2v) is 9.71. The average Bonchev–Trinajstić information content (AvgIpc) is 3.03. The maximum absolute atomic E-state index is 14.0. The van der Waals surface area contributed by atoms with Gasteiger partial charge in [-0.15, -0.1) is 0 Å². The number of methoxy groups -OCH3 is 1. The van der Waals surface area contributed by atoms with Gasteiger partial charge in [0.1, 0.15) is 5.75 Å². The summed E-state index contributed by atoms with van der Waals surface area (Å²) in [4.78, 5) is 40.5. The third-order valence-electron chi connectivity index (χ3n) is 7.04. The van der Waals surface area contributed by atoms with E-state index in [0.717, 1.165) is 11.1 Å². The third-order valence-corrected chi connectivity index (χ3v) is 7.04. The van der Waals surface area contributed by atoms with Crippen LogP contribution in [-0.4, -0.2) is 59.7 Å². The molecule has 0 fully saturated rings. The molecule has 42 heavy (non-hydrogen) atoms. The molecular formula is C34H34N2O6. The van der Waals surface area contributed by atoms with E-state index < -0.39 is 17.9 Å². The first-order valence-corrected chi connectivity index (χ1v) is 13.7. The minimum atomic E-state index is -1.00. The fourth-order valence-corrected chi connectivity index (χ4v) is 4.86. The molecule has 0 saturated carbocycles. The van der Waals surface area contributed by atoms with Gasteiger partial charge >= 0.3 is 5.97 Å². The lowest BCUT2D eigenvalue weighted by Gasteiger charge is -2.24. The van der Waals surface area contributed by atoms with Crippen LogP contribution in [0.15, 0.2) is 103 Å². The van der Waals surface area contributed by atoms with Gasteiger partial charge in [0.25, 0.3) is 11.8 Å². The predicted molar refractivity (Wildman–Crippen MR) is 160 cm³/mol. The fourth-order valence-electron chi connectivity index (χ4n) is 4.86. The van der Waals surface area contributed by atoms with Crippen molar-refractivity contribution in [1.29, 1.82) is 0 Å². The molecule has 3 N–H and O–H groups in total. The fraction of sp³-hybridized carbons (Fsp3) is 0.206. The van der Waals surface area contributed by atoms with Crippen molar-refractivity contribution in [2.45, 2.75) is 18.9 Å². The summed E-state index contributed by atoms with van der Waals surface area (Å²) in [6.07, 6.45) is 0.263. The molecule has 0 bridgehead atoms. The standard InChI is InChI=1S/C34H34N2O6/c1-42-31-18-10-5-13-25(31)19-21-36(22-20-32(38)39)34(41)29-17-9-7-15-27(29)26-14-6-8-16-28(26)33(40)35-30(23-37)24-11-3-2-4-12-24/h2-18,30,37H,19-23H2,1H3,(H,35,40)(H,38,39)/t30-/m0/s1. The van der Waals surface area contributed by atoms with Crippen LogP contribution in [0, 0.1) is 0 Å². The molecule has 2 amide bonds. The Morgan fingerprint density at radius 3 is 2.05 bits per heavy atom. The van der Waals surface area contributed by atoms with Gasteiger partial charge < -0.3 is 25.2 Å². The molecule has 4 aromatic rings. The van der Waals surface area contributed by atoms with E-state index in [4.69, 9.17) is 4.74 Å². The molecule has 0 aromatic heterocycles. The van der Waals surface area contributed by atoms with Crippen LogP contribution in [0.4, 0.5) is 0 Å². The zero-order valence-corrected chi connectivity index (χ0v) is 23.4. The Labute approximate surface area is 245 Å². The van der Waals surface area contributed by atoms with Gasteiger partial charge in [-0.2, -0.15) is 0 Å². The largest absolute Gasteiger partial charge is 0.496 e. The number of carbonyl (C=O) groups excluding carboxylic acids is 2. The molecule has 0 unspecified atom stereocenters. The number of nitrogens with zero attached hydrogens (tertiary/aromatic N) is 1. The molecular weight excluding hydrogens is 532 g/mol. The Hall–Kier alpha value is -4.95. The third kappa shape index (κ3) is 7.41. The number of hydrogen-bond donors (Lipinski definition) is 3. The van der Waals surface area contributed by atoms with Gasteiger partial charge in [-0.05, 0) is 46.9 Å². The summed E-state index contributed by atoms with van der Waals surface area (Å²) in [5.41, 5.74) is 3.46. The van der Waals surface area contributed by atoms with Crippen molar-refractivity contribution in [3.05, 3.63) is 125 Å². The van der Waals surface area contributed by atoms with Crippen LogP contribution in [0.2, 0.25) is 0 Å². The Bertz CT molecular complexity index is 1520. The summed E-state index contributed by atoms with van der Waals surface area (Å²) in [6, 6.07) is 30.1. The molecule has 4 aromatic carbocycles. The van der Waals surface area contributed by atoms with E-state index in [0.29, 0.717) is 34.4 Å². The Morgan fingerprint density at radius 2 is 1.38 bits per heavy atom. The molecule has 1 atom stereocenters. The Kier molecular flexibility index (Phi) is 10.4. The van der Waals surface area contributed by atoms with Crippen molar-refractivity contribution in [2.24, 2.45) is 0 Å². The zero-order valence-electron chi connectivity index (χ0n) is 23.4. The van der Waals surface area contributed by atoms with Crippen molar-refractivity contribution < 1.29 is 29.3 Å². The normalized spacial score (nSPS) is 11.4. The number of carboxylic acid groups (broad SMARTS) is 1. The summed E-state index contributed by atoms with van der Waals surface area (Å²) < 4.78 is 5.45. The van der Waals surface area contributed by atoms with Gasteiger partial charge in [0.2, 0.25) is 0 Å². The van der Waals surface area contributed by atoms with Crippen molar-refractivity contribution in [3.63, 3.8) is 0 Å². The summed E-state index contributed by atoms with van der Waals surface area (Å²) in [5, 5.41) is 22.2. The van der Waals surface area contributed by atoms with Crippen LogP contribution in [0.5, 0.6) is 5.75 Å². The number of aliphatic hydroxyl groups excluding tert-OH is 1. The van der Waals surface area contributed by atoms with Crippen molar-refractivity contribution in [1.82, 2.24) is 10.2 Å². The minimum Gasteiger partial charge on any atom is -0.496 e. The summed E-state index contributed by atoms with van der Waals surface area (Å²) in [5.74, 6) is -1.04. The number of carbonyl (C=O) groups is 3. The molecule has 0 spiro atoms. The lowest BCUT2D eigenvalue weighted by atomic mass is 9.94. The smallest absolute Gasteiger partial charge is 0.305 e. The van der Waals surface area contributed by atoms with Crippen LogP contribution < -0.4 is 10.1 Å². The van der Waals surface area contributed by atoms with Crippen LogP contribution in [0.3, 0.4) is 0 Å². The van der Waals surface area contributed by atoms with E-state index in [1.165, 1.54) is 4.90 Å². The molecule has 0 aliphatic carbocycles. The zero-order chi connectivity index (χ0) is 29.9. The number of carboxylic acids is 1. The molecule has 0 aliphatic rings. The number of nitrogens with one attached hydrogen (secondary N) is 1. The van der Waals surface area contributed by atoms with E-state index >= 15 is 0 Å². The molecule has 4 rings (SSSR count). The topological polar surface area (TPSA) is 116 Å². The maximum Gasteiger partial charge on any atom is 0.305 e. The van der Waals surface area contributed by atoms with Crippen LogP contribution >= 0.6 is 0 Å². The van der Waals surface area contributed by atoms with E-state index in [-0.39, 0.29) is 32.0 Å². The lowest BCUT2D eigenvalue weighted by Crippen LogP contribution is -2.35. The van der Waals surface area contributed by atoms with Gasteiger partial charge in [0.15, 0.2) is 0 Å². The Balaban J connectivity index is 1.65. The molecule has 216 valence electrons. The second kappa shape index (κ2) is 14.6. The van der Waals surface area contributed by atoms with Crippen molar-refractivity contribution >= 4 is 17.8 Å². The number of ether oxygens (including phenoxy) is 1. The quantitative estimate of drug-likeness (QED) is 0.210. The lowest BCUT2D eigenvalue weighted by molar-refractivity contribution is -0.137. The van der Waals surface area contributed by atoms with E-state index in [1.807, 2.05) is 54.6 Å². The van der Waals surface area contributed by atoms with Gasteiger partial charge in [-0.1, -0.05) is 84.9 Å². The van der Waals surface area contributed by atoms with E-state index in [2.05, 4.69) is 5.32 Å². The second-order valence-electron chi connectivity index (χ2n) is 9.71. The Morgan fingerprint density at radius 1 is 0.786 bits per heavy atom. The summed E-state index contributed by atoms with van der Waals surface area (Å²) in [6.45, 7) is 0.0188. The highest BCUT2D eigenvalue weighted by Crippen LogP contribution is 2.29. The van der Waals surface area contributed by atoms with Gasteiger partial charge in [-0.3, -0.25) is 14.4 Å². The highest BCUT2D eigenvalue weighted by molar-refractivity contribution is 6.06. The highest BCUT2D eigenvalue weighted by atomic mass is 16.5. The molecule has 0 radical (unpaired) electrons. The molecule has 8 heteroatoms.